The fraction of sp³-hybridized carbons (Fsp3) is 0.444. The average molecular weight is 339 g/mol. The Bertz CT molecular complexity index is 826. The summed E-state index contributed by atoms with van der Waals surface area (Å²) in [7, 11) is 0. The van der Waals surface area contributed by atoms with Crippen LogP contribution in [0.1, 0.15) is 50.6 Å². The number of nitrogens with zero attached hydrogens (tertiary/aromatic N) is 4. The molecular weight excluding hydrogens is 318 g/mol. The molecule has 25 heavy (non-hydrogen) atoms. The highest BCUT2D eigenvalue weighted by Crippen LogP contribution is 2.39. The first-order valence-corrected chi connectivity index (χ1v) is 8.82. The molecule has 1 unspecified atom stereocenters. The summed E-state index contributed by atoms with van der Waals surface area (Å²) in [5.74, 6) is 1.55. The fourth-order valence-electron chi connectivity index (χ4n) is 3.43. The molecule has 0 amide bonds. The Balaban J connectivity index is 1.74. The maximum Gasteiger partial charge on any atom is 0.248 e. The van der Waals surface area contributed by atoms with E-state index >= 15 is 0 Å². The molecule has 2 heterocycles. The van der Waals surface area contributed by atoms with Gasteiger partial charge in [0.15, 0.2) is 5.78 Å². The summed E-state index contributed by atoms with van der Waals surface area (Å²) in [5.41, 5.74) is 2.68. The molecule has 130 valence electrons. The summed E-state index contributed by atoms with van der Waals surface area (Å²) < 4.78 is 7.52. The Morgan fingerprint density at radius 2 is 2.28 bits per heavy atom. The number of rotatable bonds is 5. The number of aromatic nitrogens is 4. The molecule has 1 aromatic carbocycles. The molecule has 7 nitrogen and oxygen atoms in total. The first-order chi connectivity index (χ1) is 12.3. The van der Waals surface area contributed by atoms with Crippen LogP contribution in [0.3, 0.4) is 0 Å². The van der Waals surface area contributed by atoms with Crippen LogP contribution in [0.5, 0.6) is 5.75 Å². The van der Waals surface area contributed by atoms with Crippen molar-refractivity contribution in [2.45, 2.75) is 45.1 Å². The molecule has 0 bridgehead atoms. The van der Waals surface area contributed by atoms with Gasteiger partial charge >= 0.3 is 0 Å². The summed E-state index contributed by atoms with van der Waals surface area (Å²) in [6.45, 7) is 2.83. The summed E-state index contributed by atoms with van der Waals surface area (Å²) in [4.78, 5) is 12.6. The van der Waals surface area contributed by atoms with E-state index in [0.29, 0.717) is 19.0 Å². The van der Waals surface area contributed by atoms with Crippen molar-refractivity contribution < 1.29 is 9.53 Å². The van der Waals surface area contributed by atoms with Gasteiger partial charge in [-0.05, 0) is 47.4 Å². The largest absolute Gasteiger partial charge is 0.494 e. The van der Waals surface area contributed by atoms with Crippen LogP contribution in [0.2, 0.25) is 0 Å². The van der Waals surface area contributed by atoms with Crippen LogP contribution < -0.4 is 10.1 Å². The minimum Gasteiger partial charge on any atom is -0.494 e. The van der Waals surface area contributed by atoms with Crippen molar-refractivity contribution in [1.82, 2.24) is 20.2 Å². The maximum atomic E-state index is 12.6. The van der Waals surface area contributed by atoms with E-state index in [1.54, 1.807) is 4.68 Å². The number of hydrogen-bond acceptors (Lipinski definition) is 6. The minimum absolute atomic E-state index is 0.164. The molecule has 0 radical (unpaired) electrons. The zero-order valence-corrected chi connectivity index (χ0v) is 14.2. The maximum absolute atomic E-state index is 12.6. The van der Waals surface area contributed by atoms with Gasteiger partial charge in [-0.25, -0.2) is 0 Å². The number of carbonyl (C=O) groups excluding carboxylic acids is 1. The fourth-order valence-corrected chi connectivity index (χ4v) is 3.43. The number of unbranched alkanes of at least 4 members (excludes halogenated alkanes) is 1. The van der Waals surface area contributed by atoms with E-state index in [-0.39, 0.29) is 11.8 Å². The first-order valence-electron chi connectivity index (χ1n) is 8.82. The van der Waals surface area contributed by atoms with Gasteiger partial charge in [0, 0.05) is 17.7 Å². The van der Waals surface area contributed by atoms with Crippen LogP contribution in [0.25, 0.3) is 0 Å². The van der Waals surface area contributed by atoms with Gasteiger partial charge in [0.25, 0.3) is 0 Å². The Morgan fingerprint density at radius 1 is 1.36 bits per heavy atom. The second-order valence-corrected chi connectivity index (χ2v) is 6.42. The minimum atomic E-state index is -0.302. The lowest BCUT2D eigenvalue weighted by Crippen LogP contribution is -2.31. The molecule has 4 rings (SSSR count). The quantitative estimate of drug-likeness (QED) is 0.844. The molecule has 1 aromatic heterocycles. The smallest absolute Gasteiger partial charge is 0.248 e. The topological polar surface area (TPSA) is 81.9 Å². The van der Waals surface area contributed by atoms with Gasteiger partial charge in [0.1, 0.15) is 11.8 Å². The van der Waals surface area contributed by atoms with Crippen LogP contribution in [0, 0.1) is 0 Å². The normalized spacial score (nSPS) is 19.2. The highest BCUT2D eigenvalue weighted by atomic mass is 16.5. The second-order valence-electron chi connectivity index (χ2n) is 6.42. The van der Waals surface area contributed by atoms with Crippen molar-refractivity contribution in [2.24, 2.45) is 0 Å². The Labute approximate surface area is 146 Å². The second kappa shape index (κ2) is 6.66. The van der Waals surface area contributed by atoms with E-state index in [1.165, 1.54) is 0 Å². The molecule has 0 saturated carbocycles. The lowest BCUT2D eigenvalue weighted by atomic mass is 9.85. The number of hydrogen-bond donors (Lipinski definition) is 1. The highest BCUT2D eigenvalue weighted by molar-refractivity contribution is 5.99. The summed E-state index contributed by atoms with van der Waals surface area (Å²) in [6, 6.07) is 7.59. The van der Waals surface area contributed by atoms with E-state index in [9.17, 15) is 4.79 Å². The highest BCUT2D eigenvalue weighted by Gasteiger charge is 2.36. The first kappa shape index (κ1) is 15.8. The van der Waals surface area contributed by atoms with E-state index < -0.39 is 0 Å². The number of carbonyl (C=O) groups is 1. The SMILES string of the molecule is CCCCOc1cccc(C2C3=C(CCCC3=O)Nc3nnnn32)c1. The number of allylic oxidation sites excluding steroid dienone is 2. The lowest BCUT2D eigenvalue weighted by molar-refractivity contribution is -0.116. The molecule has 0 spiro atoms. The van der Waals surface area contributed by atoms with Crippen molar-refractivity contribution in [2.75, 3.05) is 11.9 Å². The number of ether oxygens (including phenoxy) is 1. The number of nitrogens with one attached hydrogen (secondary N) is 1. The van der Waals surface area contributed by atoms with Gasteiger partial charge < -0.3 is 10.1 Å². The van der Waals surface area contributed by atoms with E-state index in [1.807, 2.05) is 24.3 Å². The number of Topliss-reactive ketones (excluding diaryl/α,β-unsaturated/α-hetero) is 1. The van der Waals surface area contributed by atoms with Gasteiger partial charge in [-0.3, -0.25) is 4.79 Å². The zero-order chi connectivity index (χ0) is 17.2. The zero-order valence-electron chi connectivity index (χ0n) is 14.2. The van der Waals surface area contributed by atoms with Crippen molar-refractivity contribution in [3.8, 4) is 5.75 Å². The standard InChI is InChI=1S/C18H21N5O2/c1-2-3-10-25-13-7-4-6-12(11-13)17-16-14(8-5-9-15(16)24)19-18-20-21-22-23(17)18/h4,6-7,11,17H,2-3,5,8-10H2,1H3,(H,19,20,22). The van der Waals surface area contributed by atoms with Crippen LogP contribution in [0.15, 0.2) is 35.5 Å². The third kappa shape index (κ3) is 2.90. The summed E-state index contributed by atoms with van der Waals surface area (Å²) in [6.07, 6.45) is 4.38. The van der Waals surface area contributed by atoms with Crippen LogP contribution >= 0.6 is 0 Å². The number of fused-ring (bicyclic) bond motifs is 1. The van der Waals surface area contributed by atoms with Crippen molar-refractivity contribution >= 4 is 11.7 Å². The number of anilines is 1. The molecule has 1 atom stereocenters. The van der Waals surface area contributed by atoms with Gasteiger partial charge in [0.2, 0.25) is 5.95 Å². The lowest BCUT2D eigenvalue weighted by Gasteiger charge is -2.31. The van der Waals surface area contributed by atoms with Gasteiger partial charge in [0.05, 0.1) is 6.61 Å². The molecule has 1 aliphatic carbocycles. The third-order valence-corrected chi connectivity index (χ3v) is 4.67. The van der Waals surface area contributed by atoms with Gasteiger partial charge in [-0.1, -0.05) is 30.6 Å². The third-order valence-electron chi connectivity index (χ3n) is 4.67. The Hall–Kier alpha value is -2.70. The monoisotopic (exact) mass is 339 g/mol. The summed E-state index contributed by atoms with van der Waals surface area (Å²) in [5, 5.41) is 15.2. The van der Waals surface area contributed by atoms with Crippen LogP contribution in [-0.2, 0) is 4.79 Å². The van der Waals surface area contributed by atoms with Crippen molar-refractivity contribution in [3.63, 3.8) is 0 Å². The van der Waals surface area contributed by atoms with Crippen LogP contribution in [0.4, 0.5) is 5.95 Å². The predicted molar refractivity (Wildman–Crippen MR) is 92.3 cm³/mol. The number of tetrazole rings is 1. The summed E-state index contributed by atoms with van der Waals surface area (Å²) >= 11 is 0. The van der Waals surface area contributed by atoms with Gasteiger partial charge in [-0.2, -0.15) is 4.68 Å². The van der Waals surface area contributed by atoms with E-state index in [4.69, 9.17) is 4.74 Å². The van der Waals surface area contributed by atoms with E-state index in [2.05, 4.69) is 27.8 Å². The average Bonchev–Trinajstić information content (AvgIpc) is 3.09. The molecule has 2 aliphatic rings. The molecule has 2 aromatic rings. The molecule has 1 aliphatic heterocycles. The molecule has 0 fully saturated rings. The van der Waals surface area contributed by atoms with Crippen LogP contribution in [-0.4, -0.2) is 32.6 Å². The Kier molecular flexibility index (Phi) is 4.21. The van der Waals surface area contributed by atoms with E-state index in [0.717, 1.165) is 48.3 Å². The molecule has 7 heteroatoms. The molecule has 0 saturated heterocycles. The molecular formula is C18H21N5O2. The Morgan fingerprint density at radius 3 is 3.16 bits per heavy atom. The number of ketones is 1. The van der Waals surface area contributed by atoms with Crippen molar-refractivity contribution in [3.05, 3.63) is 41.1 Å². The van der Waals surface area contributed by atoms with Crippen molar-refractivity contribution in [1.29, 1.82) is 0 Å². The predicted octanol–water partition coefficient (Wildman–Crippen LogP) is 2.87. The van der Waals surface area contributed by atoms with Gasteiger partial charge in [-0.15, -0.1) is 0 Å². The number of benzene rings is 1. The molecule has 1 N–H and O–H groups in total.